The normalized spacial score (nSPS) is 38.9. The summed E-state index contributed by atoms with van der Waals surface area (Å²) in [5.74, 6) is 2.53. The zero-order chi connectivity index (χ0) is 29.6. The number of aliphatic hydroxyl groups excluding tert-OH is 1. The molecule has 0 radical (unpaired) electrons. The average Bonchev–Trinajstić information content (AvgIpc) is 3.31. The second-order valence-corrected chi connectivity index (χ2v) is 14.1. The van der Waals surface area contributed by atoms with E-state index in [0.717, 1.165) is 25.7 Å². The van der Waals surface area contributed by atoms with Gasteiger partial charge in [-0.3, -0.25) is 9.59 Å². The van der Waals surface area contributed by atoms with Crippen LogP contribution >= 0.6 is 0 Å². The number of aliphatic hydroxyl groups is 1. The molecule has 4 rings (SSSR count). The molecule has 4 aliphatic carbocycles. The van der Waals surface area contributed by atoms with Gasteiger partial charge in [-0.05, 0) is 104 Å². The third-order valence-electron chi connectivity index (χ3n) is 12.1. The van der Waals surface area contributed by atoms with Gasteiger partial charge >= 0.3 is 5.97 Å². The van der Waals surface area contributed by atoms with Gasteiger partial charge in [0.15, 0.2) is 0 Å². The predicted molar refractivity (Wildman–Crippen MR) is 157 cm³/mol. The van der Waals surface area contributed by atoms with Crippen LogP contribution in [-0.4, -0.2) is 73.9 Å². The molecule has 0 aromatic carbocycles. The fourth-order valence-electron chi connectivity index (χ4n) is 9.83. The molecule has 10 atom stereocenters. The molecule has 0 spiro atoms. The van der Waals surface area contributed by atoms with E-state index in [4.69, 9.17) is 14.2 Å². The summed E-state index contributed by atoms with van der Waals surface area (Å²) >= 11 is 0. The summed E-state index contributed by atoms with van der Waals surface area (Å²) in [6.45, 7) is 12.2. The van der Waals surface area contributed by atoms with Crippen LogP contribution < -0.4 is 5.32 Å². The molecular weight excluding hydrogens is 522 g/mol. The van der Waals surface area contributed by atoms with E-state index < -0.39 is 5.97 Å². The molecule has 41 heavy (non-hydrogen) atoms. The molecule has 0 aliphatic heterocycles. The van der Waals surface area contributed by atoms with Crippen molar-refractivity contribution in [2.45, 2.75) is 111 Å². The minimum absolute atomic E-state index is 0.0423. The Morgan fingerprint density at radius 1 is 0.951 bits per heavy atom. The number of nitrogens with one attached hydrogen (secondary N) is 1. The molecule has 236 valence electrons. The molecular formula is C33H57NO7. The number of carbonyl (C=O) groups is 2. The molecule has 1 amide bonds. The SMILES string of the molecule is CCC(=O)NCCOCCOCCO[C@@H]1CC[C@@]2(C)[C@H](CC[C@@H]3[C@@H]2C[C@H](O)[C@]2(C)[C@@H]([C@H](C)CCC(=O)O)CC[C@@H]32)C1. The van der Waals surface area contributed by atoms with Crippen molar-refractivity contribution in [3.8, 4) is 0 Å². The lowest BCUT2D eigenvalue weighted by Crippen LogP contribution is -2.59. The summed E-state index contributed by atoms with van der Waals surface area (Å²) in [6.07, 6.45) is 10.5. The number of amides is 1. The van der Waals surface area contributed by atoms with Crippen molar-refractivity contribution in [2.75, 3.05) is 39.6 Å². The fourth-order valence-corrected chi connectivity index (χ4v) is 9.83. The third-order valence-corrected chi connectivity index (χ3v) is 12.1. The van der Waals surface area contributed by atoms with E-state index in [-0.39, 0.29) is 35.4 Å². The van der Waals surface area contributed by atoms with E-state index >= 15 is 0 Å². The van der Waals surface area contributed by atoms with Crippen molar-refractivity contribution in [3.63, 3.8) is 0 Å². The number of fused-ring (bicyclic) bond motifs is 5. The number of rotatable bonds is 15. The van der Waals surface area contributed by atoms with Gasteiger partial charge in [0.25, 0.3) is 0 Å². The summed E-state index contributed by atoms with van der Waals surface area (Å²) in [7, 11) is 0. The highest BCUT2D eigenvalue weighted by Crippen LogP contribution is 2.68. The first-order chi connectivity index (χ1) is 19.6. The minimum Gasteiger partial charge on any atom is -0.481 e. The van der Waals surface area contributed by atoms with Crippen LogP contribution in [0.15, 0.2) is 0 Å². The first-order valence-electron chi connectivity index (χ1n) is 16.5. The van der Waals surface area contributed by atoms with Gasteiger partial charge in [0.05, 0.1) is 45.2 Å². The van der Waals surface area contributed by atoms with Gasteiger partial charge in [0.1, 0.15) is 0 Å². The molecule has 0 saturated heterocycles. The molecule has 0 bridgehead atoms. The van der Waals surface area contributed by atoms with E-state index in [1.54, 1.807) is 0 Å². The largest absolute Gasteiger partial charge is 0.481 e. The van der Waals surface area contributed by atoms with Crippen LogP contribution in [0.5, 0.6) is 0 Å². The van der Waals surface area contributed by atoms with E-state index in [0.29, 0.717) is 87.9 Å². The van der Waals surface area contributed by atoms with Gasteiger partial charge in [-0.15, -0.1) is 0 Å². The second-order valence-electron chi connectivity index (χ2n) is 14.1. The molecule has 3 N–H and O–H groups in total. The topological polar surface area (TPSA) is 114 Å². The standard InChI is InChI=1S/C33H57NO7/c1-5-30(36)34-14-15-39-16-17-40-18-19-41-24-12-13-32(3)23(20-24)7-8-25-27-10-9-26(22(2)6-11-31(37)38)33(27,4)29(35)21-28(25)32/h22-29,35H,5-21H2,1-4H3,(H,34,36)(H,37,38)/t22-,23-,24-,25+,26-,27+,28+,29+,32+,33-/m1/s1. The highest BCUT2D eigenvalue weighted by molar-refractivity contribution is 5.75. The van der Waals surface area contributed by atoms with Crippen molar-refractivity contribution >= 4 is 11.9 Å². The summed E-state index contributed by atoms with van der Waals surface area (Å²) in [5, 5.41) is 23.7. The van der Waals surface area contributed by atoms with Crippen LogP contribution in [0.4, 0.5) is 0 Å². The quantitative estimate of drug-likeness (QED) is 0.232. The Labute approximate surface area is 247 Å². The molecule has 0 aromatic heterocycles. The fraction of sp³-hybridized carbons (Fsp3) is 0.939. The van der Waals surface area contributed by atoms with E-state index in [2.05, 4.69) is 26.1 Å². The number of carboxylic acid groups (broad SMARTS) is 1. The monoisotopic (exact) mass is 579 g/mol. The number of hydrogen-bond acceptors (Lipinski definition) is 6. The summed E-state index contributed by atoms with van der Waals surface area (Å²) in [5.41, 5.74) is 0.182. The maximum absolute atomic E-state index is 11.7. The van der Waals surface area contributed by atoms with Crippen LogP contribution in [0.25, 0.3) is 0 Å². The predicted octanol–water partition coefficient (Wildman–Crippen LogP) is 5.06. The highest BCUT2D eigenvalue weighted by Gasteiger charge is 2.63. The minimum atomic E-state index is -0.712. The zero-order valence-corrected chi connectivity index (χ0v) is 26.1. The van der Waals surface area contributed by atoms with Gasteiger partial charge in [0, 0.05) is 19.4 Å². The van der Waals surface area contributed by atoms with Crippen LogP contribution in [-0.2, 0) is 23.8 Å². The van der Waals surface area contributed by atoms with Crippen LogP contribution in [0.2, 0.25) is 0 Å². The molecule has 4 saturated carbocycles. The Hall–Kier alpha value is -1.22. The van der Waals surface area contributed by atoms with E-state index in [1.165, 1.54) is 25.7 Å². The number of aliphatic carboxylic acids is 1. The smallest absolute Gasteiger partial charge is 0.303 e. The van der Waals surface area contributed by atoms with Crippen LogP contribution in [0, 0.1) is 46.3 Å². The van der Waals surface area contributed by atoms with Crippen molar-refractivity contribution in [2.24, 2.45) is 46.3 Å². The van der Waals surface area contributed by atoms with Crippen molar-refractivity contribution in [3.05, 3.63) is 0 Å². The van der Waals surface area contributed by atoms with Crippen LogP contribution in [0.3, 0.4) is 0 Å². The average molecular weight is 580 g/mol. The van der Waals surface area contributed by atoms with Crippen molar-refractivity contribution in [1.82, 2.24) is 5.32 Å². The first kappa shape index (κ1) is 32.7. The lowest BCUT2D eigenvalue weighted by atomic mass is 9.43. The lowest BCUT2D eigenvalue weighted by Gasteiger charge is -2.62. The molecule has 8 nitrogen and oxygen atoms in total. The molecule has 0 unspecified atom stereocenters. The number of carbonyl (C=O) groups excluding carboxylic acids is 1. The molecule has 0 aromatic rings. The van der Waals surface area contributed by atoms with Gasteiger partial charge in [-0.1, -0.05) is 27.7 Å². The summed E-state index contributed by atoms with van der Waals surface area (Å²) in [6, 6.07) is 0. The zero-order valence-electron chi connectivity index (χ0n) is 26.1. The number of hydrogen-bond donors (Lipinski definition) is 3. The Balaban J connectivity index is 1.21. The molecule has 8 heteroatoms. The number of carboxylic acids is 1. The highest BCUT2D eigenvalue weighted by atomic mass is 16.5. The van der Waals surface area contributed by atoms with Gasteiger partial charge in [-0.2, -0.15) is 0 Å². The Kier molecular flexibility index (Phi) is 11.6. The number of ether oxygens (including phenoxy) is 3. The van der Waals surface area contributed by atoms with E-state index in [9.17, 15) is 19.8 Å². The van der Waals surface area contributed by atoms with Crippen molar-refractivity contribution in [1.29, 1.82) is 0 Å². The lowest BCUT2D eigenvalue weighted by molar-refractivity contribution is -0.178. The van der Waals surface area contributed by atoms with Gasteiger partial charge in [-0.25, -0.2) is 0 Å². The molecule has 4 fully saturated rings. The maximum Gasteiger partial charge on any atom is 0.303 e. The summed E-state index contributed by atoms with van der Waals surface area (Å²) in [4.78, 5) is 22.4. The Morgan fingerprint density at radius 3 is 2.41 bits per heavy atom. The maximum atomic E-state index is 11.7. The van der Waals surface area contributed by atoms with Crippen molar-refractivity contribution < 1.29 is 34.0 Å². The van der Waals surface area contributed by atoms with Crippen LogP contribution in [0.1, 0.15) is 98.3 Å². The summed E-state index contributed by atoms with van der Waals surface area (Å²) < 4.78 is 17.5. The first-order valence-corrected chi connectivity index (χ1v) is 16.5. The Morgan fingerprint density at radius 2 is 1.68 bits per heavy atom. The molecule has 4 aliphatic rings. The van der Waals surface area contributed by atoms with Gasteiger partial charge < -0.3 is 29.7 Å². The third kappa shape index (κ3) is 7.30. The Bertz CT molecular complexity index is 869. The van der Waals surface area contributed by atoms with Gasteiger partial charge in [0.2, 0.25) is 5.91 Å². The second kappa shape index (κ2) is 14.5. The molecule has 0 heterocycles. The van der Waals surface area contributed by atoms with E-state index in [1.807, 2.05) is 6.92 Å².